The maximum atomic E-state index is 13.0. The molecule has 0 aromatic carbocycles. The Hall–Kier alpha value is -1.28. The SMILES string of the molecule is NNC(=O)c1csc(N2CCC(F)(F)CC2)n1. The fourth-order valence-electron chi connectivity index (χ4n) is 1.61. The molecule has 1 aliphatic heterocycles. The van der Waals surface area contributed by atoms with Crippen LogP contribution in [0.3, 0.4) is 0 Å². The summed E-state index contributed by atoms with van der Waals surface area (Å²) in [6.45, 7) is 0.508. The Bertz CT molecular complexity index is 413. The zero-order chi connectivity index (χ0) is 12.5. The van der Waals surface area contributed by atoms with Crippen LogP contribution in [0.25, 0.3) is 0 Å². The van der Waals surface area contributed by atoms with E-state index < -0.39 is 11.8 Å². The van der Waals surface area contributed by atoms with Crippen LogP contribution in [0.15, 0.2) is 5.38 Å². The summed E-state index contributed by atoms with van der Waals surface area (Å²) in [5, 5.41) is 2.14. The third-order valence-corrected chi connectivity index (χ3v) is 3.52. The predicted molar refractivity (Wildman–Crippen MR) is 60.2 cm³/mol. The molecule has 1 aromatic heterocycles. The van der Waals surface area contributed by atoms with Crippen LogP contribution in [0.1, 0.15) is 23.3 Å². The summed E-state index contributed by atoms with van der Waals surface area (Å²) < 4.78 is 25.9. The first-order valence-corrected chi connectivity index (χ1v) is 5.99. The maximum absolute atomic E-state index is 13.0. The molecule has 8 heteroatoms. The van der Waals surface area contributed by atoms with Gasteiger partial charge in [0.25, 0.3) is 11.8 Å². The van der Waals surface area contributed by atoms with Crippen LogP contribution in [0.2, 0.25) is 0 Å². The standard InChI is InChI=1S/C9H12F2N4OS/c10-9(11)1-3-15(4-2-9)8-13-6(5-17-8)7(16)14-12/h5H,1-4,12H2,(H,14,16). The summed E-state index contributed by atoms with van der Waals surface area (Å²) in [4.78, 5) is 17.0. The van der Waals surface area contributed by atoms with Gasteiger partial charge in [-0.3, -0.25) is 10.2 Å². The van der Waals surface area contributed by atoms with Gasteiger partial charge in [0, 0.05) is 31.3 Å². The van der Waals surface area contributed by atoms with Crippen molar-refractivity contribution in [1.29, 1.82) is 0 Å². The van der Waals surface area contributed by atoms with Gasteiger partial charge in [0.15, 0.2) is 5.13 Å². The van der Waals surface area contributed by atoms with E-state index in [-0.39, 0.29) is 31.6 Å². The Morgan fingerprint density at radius 2 is 2.18 bits per heavy atom. The molecule has 1 saturated heterocycles. The number of nitrogens with one attached hydrogen (secondary N) is 1. The number of carbonyl (C=O) groups excluding carboxylic acids is 1. The molecule has 17 heavy (non-hydrogen) atoms. The van der Waals surface area contributed by atoms with E-state index in [1.54, 1.807) is 10.3 Å². The third kappa shape index (κ3) is 2.70. The third-order valence-electron chi connectivity index (χ3n) is 2.62. The van der Waals surface area contributed by atoms with Crippen LogP contribution >= 0.6 is 11.3 Å². The van der Waals surface area contributed by atoms with E-state index in [0.717, 1.165) is 0 Å². The van der Waals surface area contributed by atoms with Gasteiger partial charge in [-0.1, -0.05) is 0 Å². The number of halogens is 2. The predicted octanol–water partition coefficient (Wildman–Crippen LogP) is 0.982. The minimum atomic E-state index is -2.58. The minimum absolute atomic E-state index is 0.176. The van der Waals surface area contributed by atoms with Crippen molar-refractivity contribution >= 4 is 22.4 Å². The molecule has 3 N–H and O–H groups in total. The number of hydrazine groups is 1. The van der Waals surface area contributed by atoms with E-state index in [1.807, 2.05) is 5.43 Å². The van der Waals surface area contributed by atoms with Crippen molar-refractivity contribution in [3.05, 3.63) is 11.1 Å². The summed E-state index contributed by atoms with van der Waals surface area (Å²) >= 11 is 1.25. The zero-order valence-electron chi connectivity index (χ0n) is 8.95. The average molecular weight is 262 g/mol. The average Bonchev–Trinajstić information content (AvgIpc) is 2.77. The molecule has 0 aliphatic carbocycles. The van der Waals surface area contributed by atoms with E-state index in [1.165, 1.54) is 11.3 Å². The second kappa shape index (κ2) is 4.53. The lowest BCUT2D eigenvalue weighted by molar-refractivity contribution is -0.0220. The maximum Gasteiger partial charge on any atom is 0.284 e. The van der Waals surface area contributed by atoms with Crippen LogP contribution < -0.4 is 16.2 Å². The molecule has 5 nitrogen and oxygen atoms in total. The van der Waals surface area contributed by atoms with E-state index in [4.69, 9.17) is 5.84 Å². The molecule has 1 amide bonds. The minimum Gasteiger partial charge on any atom is -0.348 e. The highest BCUT2D eigenvalue weighted by Crippen LogP contribution is 2.31. The van der Waals surface area contributed by atoms with E-state index in [2.05, 4.69) is 4.98 Å². The first kappa shape index (κ1) is 12.2. The lowest BCUT2D eigenvalue weighted by Gasteiger charge is -2.31. The number of thiazole rings is 1. The van der Waals surface area contributed by atoms with Gasteiger partial charge in [0.1, 0.15) is 5.69 Å². The Morgan fingerprint density at radius 1 is 1.53 bits per heavy atom. The van der Waals surface area contributed by atoms with Crippen LogP contribution in [0, 0.1) is 0 Å². The highest BCUT2D eigenvalue weighted by atomic mass is 32.1. The van der Waals surface area contributed by atoms with Gasteiger partial charge in [-0.25, -0.2) is 19.6 Å². The molecule has 1 aromatic rings. The van der Waals surface area contributed by atoms with Gasteiger partial charge < -0.3 is 4.90 Å². The molecule has 2 heterocycles. The normalized spacial score (nSPS) is 19.1. The molecule has 1 aliphatic rings. The quantitative estimate of drug-likeness (QED) is 0.473. The van der Waals surface area contributed by atoms with Crippen molar-refractivity contribution in [2.75, 3.05) is 18.0 Å². The number of carbonyl (C=O) groups is 1. The van der Waals surface area contributed by atoms with Crippen LogP contribution in [-0.2, 0) is 0 Å². The number of amides is 1. The molecule has 0 spiro atoms. The fourth-order valence-corrected chi connectivity index (χ4v) is 2.47. The largest absolute Gasteiger partial charge is 0.348 e. The van der Waals surface area contributed by atoms with Gasteiger partial charge in [0.2, 0.25) is 0 Å². The molecule has 0 radical (unpaired) electrons. The summed E-state index contributed by atoms with van der Waals surface area (Å²) in [7, 11) is 0. The molecule has 94 valence electrons. The van der Waals surface area contributed by atoms with Crippen LogP contribution in [0.5, 0.6) is 0 Å². The number of nitrogen functional groups attached to an aromatic ring is 1. The molecule has 0 bridgehead atoms. The lowest BCUT2D eigenvalue weighted by Crippen LogP contribution is -2.39. The number of nitrogens with zero attached hydrogens (tertiary/aromatic N) is 2. The molecule has 2 rings (SSSR count). The number of piperidine rings is 1. The van der Waals surface area contributed by atoms with Crippen molar-refractivity contribution in [1.82, 2.24) is 10.4 Å². The van der Waals surface area contributed by atoms with Gasteiger partial charge >= 0.3 is 0 Å². The molecule has 1 fully saturated rings. The first-order chi connectivity index (χ1) is 8.02. The fraction of sp³-hybridized carbons (Fsp3) is 0.556. The van der Waals surface area contributed by atoms with E-state index >= 15 is 0 Å². The van der Waals surface area contributed by atoms with Gasteiger partial charge in [-0.15, -0.1) is 11.3 Å². The lowest BCUT2D eigenvalue weighted by atomic mass is 10.1. The number of rotatable bonds is 2. The van der Waals surface area contributed by atoms with Gasteiger partial charge in [0.05, 0.1) is 0 Å². The van der Waals surface area contributed by atoms with Crippen molar-refractivity contribution in [3.63, 3.8) is 0 Å². The second-order valence-corrected chi connectivity index (χ2v) is 4.67. The smallest absolute Gasteiger partial charge is 0.284 e. The zero-order valence-corrected chi connectivity index (χ0v) is 9.77. The number of alkyl halides is 2. The number of anilines is 1. The summed E-state index contributed by atoms with van der Waals surface area (Å²) in [6, 6.07) is 0. The number of hydrogen-bond acceptors (Lipinski definition) is 5. The molecular formula is C9H12F2N4OS. The highest BCUT2D eigenvalue weighted by molar-refractivity contribution is 7.13. The van der Waals surface area contributed by atoms with Gasteiger partial charge in [-0.05, 0) is 0 Å². The number of aromatic nitrogens is 1. The molecule has 0 atom stereocenters. The Kier molecular flexibility index (Phi) is 3.25. The van der Waals surface area contributed by atoms with Gasteiger partial charge in [-0.2, -0.15) is 0 Å². The Balaban J connectivity index is 2.04. The van der Waals surface area contributed by atoms with Crippen molar-refractivity contribution < 1.29 is 13.6 Å². The van der Waals surface area contributed by atoms with E-state index in [9.17, 15) is 13.6 Å². The highest BCUT2D eigenvalue weighted by Gasteiger charge is 2.34. The number of nitrogens with two attached hydrogens (primary N) is 1. The first-order valence-electron chi connectivity index (χ1n) is 5.11. The van der Waals surface area contributed by atoms with Crippen LogP contribution in [0.4, 0.5) is 13.9 Å². The Morgan fingerprint density at radius 3 is 2.76 bits per heavy atom. The summed E-state index contributed by atoms with van der Waals surface area (Å²) in [6.07, 6.45) is -0.351. The van der Waals surface area contributed by atoms with Crippen molar-refractivity contribution in [2.24, 2.45) is 5.84 Å². The van der Waals surface area contributed by atoms with Crippen molar-refractivity contribution in [3.8, 4) is 0 Å². The Labute approximate surface area is 101 Å². The molecular weight excluding hydrogens is 250 g/mol. The van der Waals surface area contributed by atoms with E-state index in [0.29, 0.717) is 5.13 Å². The monoisotopic (exact) mass is 262 g/mol. The number of hydrogen-bond donors (Lipinski definition) is 2. The summed E-state index contributed by atoms with van der Waals surface area (Å²) in [5.41, 5.74) is 2.19. The van der Waals surface area contributed by atoms with Crippen molar-refractivity contribution in [2.45, 2.75) is 18.8 Å². The van der Waals surface area contributed by atoms with Crippen LogP contribution in [-0.4, -0.2) is 29.9 Å². The topological polar surface area (TPSA) is 71.2 Å². The second-order valence-electron chi connectivity index (χ2n) is 3.83. The summed E-state index contributed by atoms with van der Waals surface area (Å²) in [5.74, 6) is 1.92. The molecule has 0 saturated carbocycles. The molecule has 0 unspecified atom stereocenters.